The van der Waals surface area contributed by atoms with E-state index in [1.807, 2.05) is 6.92 Å². The molecule has 1 atom stereocenters. The fraction of sp³-hybridized carbons (Fsp3) is 0.667. The molecule has 1 saturated heterocycles. The molecule has 7 nitrogen and oxygen atoms in total. The van der Waals surface area contributed by atoms with Crippen molar-refractivity contribution < 1.29 is 12.8 Å². The predicted molar refractivity (Wildman–Crippen MR) is 120 cm³/mol. The number of hydrogen-bond acceptors (Lipinski definition) is 4. The maximum atomic E-state index is 13.6. The number of hydrogen-bond donors (Lipinski definition) is 3. The first-order chi connectivity index (χ1) is 14.4. The van der Waals surface area contributed by atoms with E-state index in [1.165, 1.54) is 31.7 Å². The maximum Gasteiger partial charge on any atom is 0.234 e. The summed E-state index contributed by atoms with van der Waals surface area (Å²) < 4.78 is 40.7. The first kappa shape index (κ1) is 22.8. The van der Waals surface area contributed by atoms with Crippen molar-refractivity contribution in [3.8, 4) is 0 Å². The van der Waals surface area contributed by atoms with Crippen LogP contribution in [-0.4, -0.2) is 63.3 Å². The van der Waals surface area contributed by atoms with E-state index in [0.29, 0.717) is 24.1 Å². The molecule has 30 heavy (non-hydrogen) atoms. The summed E-state index contributed by atoms with van der Waals surface area (Å²) in [6.45, 7) is 6.56. The Kier molecular flexibility index (Phi) is 7.93. The summed E-state index contributed by atoms with van der Waals surface area (Å²) in [5.74, 6) is 0.0419. The third-order valence-corrected chi connectivity index (χ3v) is 7.09. The monoisotopic (exact) mass is 439 g/mol. The van der Waals surface area contributed by atoms with Gasteiger partial charge in [0.1, 0.15) is 5.82 Å². The van der Waals surface area contributed by atoms with Crippen molar-refractivity contribution in [2.75, 3.05) is 36.7 Å². The van der Waals surface area contributed by atoms with E-state index in [-0.39, 0.29) is 18.0 Å². The Labute approximate surface area is 179 Å². The number of anilines is 1. The van der Waals surface area contributed by atoms with Crippen LogP contribution in [0.5, 0.6) is 0 Å². The van der Waals surface area contributed by atoms with Crippen molar-refractivity contribution in [1.82, 2.24) is 15.5 Å². The van der Waals surface area contributed by atoms with E-state index in [1.54, 1.807) is 19.1 Å². The van der Waals surface area contributed by atoms with E-state index < -0.39 is 15.8 Å². The number of aliphatic imine (C=N–C) groups is 1. The third-order valence-electron chi connectivity index (χ3n) is 5.82. The van der Waals surface area contributed by atoms with E-state index in [0.717, 1.165) is 25.6 Å². The zero-order valence-electron chi connectivity index (χ0n) is 18.0. The van der Waals surface area contributed by atoms with Gasteiger partial charge in [-0.15, -0.1) is 0 Å². The van der Waals surface area contributed by atoms with Crippen molar-refractivity contribution in [2.24, 2.45) is 4.99 Å². The summed E-state index contributed by atoms with van der Waals surface area (Å²) in [5.41, 5.74) is 0.701. The SMILES string of the molecule is CCNC(=NCCS(=O)(=O)Nc1ccc(C)c(F)c1)NC1CCN(C2CCCC2)C1. The second-order valence-electron chi connectivity index (χ2n) is 8.21. The minimum atomic E-state index is -3.61. The maximum absolute atomic E-state index is 13.6. The molecule has 0 spiro atoms. The molecule has 0 radical (unpaired) electrons. The summed E-state index contributed by atoms with van der Waals surface area (Å²) in [7, 11) is -3.61. The van der Waals surface area contributed by atoms with E-state index in [9.17, 15) is 12.8 Å². The van der Waals surface area contributed by atoms with Gasteiger partial charge in [-0.2, -0.15) is 0 Å². The topological polar surface area (TPSA) is 85.8 Å². The van der Waals surface area contributed by atoms with Crippen LogP contribution in [0.4, 0.5) is 10.1 Å². The smallest absolute Gasteiger partial charge is 0.234 e. The Hall–Kier alpha value is -1.87. The normalized spacial score (nSPS) is 21.2. The molecule has 0 amide bonds. The first-order valence-corrected chi connectivity index (χ1v) is 12.6. The van der Waals surface area contributed by atoms with Gasteiger partial charge >= 0.3 is 0 Å². The number of nitrogens with one attached hydrogen (secondary N) is 3. The average Bonchev–Trinajstić information content (AvgIpc) is 3.36. The molecular weight excluding hydrogens is 405 g/mol. The quantitative estimate of drug-likeness (QED) is 0.428. The van der Waals surface area contributed by atoms with E-state index in [4.69, 9.17) is 0 Å². The Morgan fingerprint density at radius 3 is 2.73 bits per heavy atom. The molecule has 3 N–H and O–H groups in total. The third kappa shape index (κ3) is 6.57. The summed E-state index contributed by atoms with van der Waals surface area (Å²) >= 11 is 0. The van der Waals surface area contributed by atoms with Crippen molar-refractivity contribution in [3.05, 3.63) is 29.6 Å². The molecule has 0 aromatic heterocycles. The minimum Gasteiger partial charge on any atom is -0.357 e. The van der Waals surface area contributed by atoms with Crippen LogP contribution < -0.4 is 15.4 Å². The second-order valence-corrected chi connectivity index (χ2v) is 10.1. The number of guanidine groups is 1. The molecule has 1 aromatic rings. The summed E-state index contributed by atoms with van der Waals surface area (Å²) in [6.07, 6.45) is 6.34. The highest BCUT2D eigenvalue weighted by atomic mass is 32.2. The van der Waals surface area contributed by atoms with Gasteiger partial charge in [0.2, 0.25) is 10.0 Å². The zero-order chi connectivity index (χ0) is 21.6. The van der Waals surface area contributed by atoms with Crippen molar-refractivity contribution in [2.45, 2.75) is 58.0 Å². The zero-order valence-corrected chi connectivity index (χ0v) is 18.8. The standard InChI is InChI=1S/C21H34FN5O2S/c1-3-23-21(25-18-10-12-27(15-18)19-6-4-5-7-19)24-11-13-30(28,29)26-17-9-8-16(2)20(22)14-17/h8-9,14,18-19,26H,3-7,10-13,15H2,1-2H3,(H2,23,24,25). The van der Waals surface area contributed by atoms with Gasteiger partial charge in [-0.25, -0.2) is 12.8 Å². The van der Waals surface area contributed by atoms with Crippen molar-refractivity contribution >= 4 is 21.7 Å². The molecule has 168 valence electrons. The number of nitrogens with zero attached hydrogens (tertiary/aromatic N) is 2. The molecular formula is C21H34FN5O2S. The van der Waals surface area contributed by atoms with Crippen LogP contribution in [0, 0.1) is 12.7 Å². The number of halogens is 1. The van der Waals surface area contributed by atoms with Crippen LogP contribution in [0.3, 0.4) is 0 Å². The van der Waals surface area contributed by atoms with Crippen LogP contribution in [0.15, 0.2) is 23.2 Å². The summed E-state index contributed by atoms with van der Waals surface area (Å²) in [6, 6.07) is 5.35. The molecule has 1 aliphatic carbocycles. The Morgan fingerprint density at radius 2 is 2.03 bits per heavy atom. The first-order valence-electron chi connectivity index (χ1n) is 10.9. The highest BCUT2D eigenvalue weighted by Gasteiger charge is 2.30. The largest absolute Gasteiger partial charge is 0.357 e. The average molecular weight is 440 g/mol. The van der Waals surface area contributed by atoms with Gasteiger partial charge in [-0.3, -0.25) is 14.6 Å². The van der Waals surface area contributed by atoms with Gasteiger partial charge in [-0.05, 0) is 50.8 Å². The van der Waals surface area contributed by atoms with Gasteiger partial charge in [0.05, 0.1) is 18.0 Å². The molecule has 9 heteroatoms. The molecule has 3 rings (SSSR count). The van der Waals surface area contributed by atoms with Crippen LogP contribution in [-0.2, 0) is 10.0 Å². The lowest BCUT2D eigenvalue weighted by atomic mass is 10.2. The lowest BCUT2D eigenvalue weighted by Gasteiger charge is -2.24. The molecule has 1 unspecified atom stereocenters. The van der Waals surface area contributed by atoms with Crippen molar-refractivity contribution in [3.63, 3.8) is 0 Å². The number of aryl methyl sites for hydroxylation is 1. The van der Waals surface area contributed by atoms with Crippen molar-refractivity contribution in [1.29, 1.82) is 0 Å². The Bertz CT molecular complexity index is 840. The summed E-state index contributed by atoms with van der Waals surface area (Å²) in [5, 5.41) is 6.65. The Balaban J connectivity index is 1.50. The Morgan fingerprint density at radius 1 is 1.27 bits per heavy atom. The predicted octanol–water partition coefficient (Wildman–Crippen LogP) is 2.45. The number of likely N-dealkylation sites (tertiary alicyclic amines) is 1. The van der Waals surface area contributed by atoms with Crippen LogP contribution in [0.1, 0.15) is 44.6 Å². The fourth-order valence-corrected chi connectivity index (χ4v) is 5.10. The second kappa shape index (κ2) is 10.4. The number of rotatable bonds is 8. The van der Waals surface area contributed by atoms with Gasteiger partial charge in [0, 0.05) is 31.7 Å². The van der Waals surface area contributed by atoms with Crippen LogP contribution in [0.2, 0.25) is 0 Å². The van der Waals surface area contributed by atoms with E-state index >= 15 is 0 Å². The molecule has 2 fully saturated rings. The van der Waals surface area contributed by atoms with E-state index in [2.05, 4.69) is 25.2 Å². The number of benzene rings is 1. The lowest BCUT2D eigenvalue weighted by molar-refractivity contribution is 0.242. The molecule has 0 bridgehead atoms. The molecule has 1 aliphatic heterocycles. The van der Waals surface area contributed by atoms with Gasteiger partial charge < -0.3 is 10.6 Å². The van der Waals surface area contributed by atoms with Gasteiger partial charge in [0.25, 0.3) is 0 Å². The highest BCUT2D eigenvalue weighted by Crippen LogP contribution is 2.26. The van der Waals surface area contributed by atoms with Gasteiger partial charge in [0.15, 0.2) is 5.96 Å². The molecule has 1 saturated carbocycles. The van der Waals surface area contributed by atoms with Crippen LogP contribution in [0.25, 0.3) is 0 Å². The summed E-state index contributed by atoms with van der Waals surface area (Å²) in [4.78, 5) is 7.01. The molecule has 1 heterocycles. The lowest BCUT2D eigenvalue weighted by Crippen LogP contribution is -2.45. The van der Waals surface area contributed by atoms with Crippen LogP contribution >= 0.6 is 0 Å². The number of sulfonamides is 1. The molecule has 2 aliphatic rings. The molecule has 1 aromatic carbocycles. The highest BCUT2D eigenvalue weighted by molar-refractivity contribution is 7.92. The fourth-order valence-electron chi connectivity index (χ4n) is 4.18. The minimum absolute atomic E-state index is 0.123. The van der Waals surface area contributed by atoms with Gasteiger partial charge in [-0.1, -0.05) is 18.9 Å².